The molecule has 3 N–H and O–H groups in total. The predicted molar refractivity (Wildman–Crippen MR) is 100 cm³/mol. The van der Waals surface area contributed by atoms with E-state index in [1.54, 1.807) is 0 Å². The summed E-state index contributed by atoms with van der Waals surface area (Å²) in [6.45, 7) is 0.869. The smallest absolute Gasteiger partial charge is 0.322 e. The second-order valence-electron chi connectivity index (χ2n) is 6.80. The zero-order chi connectivity index (χ0) is 21.6. The Morgan fingerprint density at radius 2 is 1.83 bits per heavy atom. The van der Waals surface area contributed by atoms with Gasteiger partial charge in [-0.05, 0) is 31.2 Å². The lowest BCUT2D eigenvalue weighted by atomic mass is 10.1. The molecule has 12 heteroatoms. The van der Waals surface area contributed by atoms with Crippen molar-refractivity contribution in [2.24, 2.45) is 0 Å². The predicted octanol–water partition coefficient (Wildman–Crippen LogP) is 2.25. The summed E-state index contributed by atoms with van der Waals surface area (Å²) in [5.74, 6) is -5.52. The van der Waals surface area contributed by atoms with Crippen LogP contribution >= 0.6 is 0 Å². The highest BCUT2D eigenvalue weighted by Gasteiger charge is 2.42. The van der Waals surface area contributed by atoms with Gasteiger partial charge in [-0.25, -0.2) is 30.7 Å². The van der Waals surface area contributed by atoms with E-state index in [1.165, 1.54) is 12.1 Å². The van der Waals surface area contributed by atoms with Crippen LogP contribution in [0.2, 0.25) is 0 Å². The normalized spacial score (nSPS) is 19.9. The van der Waals surface area contributed by atoms with E-state index >= 15 is 0 Å². The fraction of sp³-hybridized carbons (Fsp3) is 0.222. The van der Waals surface area contributed by atoms with Crippen molar-refractivity contribution in [3.05, 3.63) is 53.3 Å². The molecule has 1 saturated heterocycles. The lowest BCUT2D eigenvalue weighted by molar-refractivity contribution is 0.102. The molecule has 158 valence electrons. The maximum atomic E-state index is 13.4. The van der Waals surface area contributed by atoms with E-state index in [9.17, 15) is 31.2 Å². The Bertz CT molecular complexity index is 1140. The summed E-state index contributed by atoms with van der Waals surface area (Å²) in [4.78, 5) is 24.5. The number of sulfonamides is 1. The summed E-state index contributed by atoms with van der Waals surface area (Å²) in [7, 11) is -4.23. The fourth-order valence-electron chi connectivity index (χ4n) is 3.40. The second kappa shape index (κ2) is 7.29. The highest BCUT2D eigenvalue weighted by atomic mass is 32.2. The topological polar surface area (TPSA) is 108 Å². The number of nitrogens with one attached hydrogen (secondary N) is 3. The van der Waals surface area contributed by atoms with E-state index in [2.05, 4.69) is 16.0 Å². The van der Waals surface area contributed by atoms with Crippen molar-refractivity contribution in [1.82, 2.24) is 9.62 Å². The van der Waals surface area contributed by atoms with Gasteiger partial charge in [0, 0.05) is 29.9 Å². The number of anilines is 2. The number of hydrogen-bond donors (Lipinski definition) is 3. The molecule has 0 radical (unpaired) electrons. The van der Waals surface area contributed by atoms with Gasteiger partial charge in [0.25, 0.3) is 15.9 Å². The quantitative estimate of drug-likeness (QED) is 0.635. The number of rotatable bonds is 3. The molecule has 1 atom stereocenters. The van der Waals surface area contributed by atoms with Crippen molar-refractivity contribution in [1.29, 1.82) is 0 Å². The summed E-state index contributed by atoms with van der Waals surface area (Å²) in [6, 6.07) is 3.39. The standard InChI is InChI=1S/C18H15F3N4O4S/c19-12-6-10(7-13(20)16(12)21)23-17(26)9-1-2-14-15(5-9)30(28,29)25(18(27)24-14)11-3-4-22-8-11/h1-2,5-7,11,22H,3-4,8H2,(H,23,26)(H,24,27)/t11-/m0/s1. The van der Waals surface area contributed by atoms with Crippen LogP contribution in [0.5, 0.6) is 0 Å². The molecule has 0 unspecified atom stereocenters. The summed E-state index contributed by atoms with van der Waals surface area (Å²) in [6.07, 6.45) is 0.448. The Hall–Kier alpha value is -3.12. The van der Waals surface area contributed by atoms with Gasteiger partial charge in [0.2, 0.25) is 0 Å². The Kier molecular flexibility index (Phi) is 4.90. The van der Waals surface area contributed by atoms with Gasteiger partial charge >= 0.3 is 6.03 Å². The minimum absolute atomic E-state index is 0.0117. The van der Waals surface area contributed by atoms with E-state index in [0.29, 0.717) is 31.6 Å². The molecule has 2 aliphatic heterocycles. The number of nitrogens with zero attached hydrogens (tertiary/aromatic N) is 1. The molecule has 2 heterocycles. The van der Waals surface area contributed by atoms with Crippen LogP contribution in [0.25, 0.3) is 0 Å². The first-order valence-electron chi connectivity index (χ1n) is 8.84. The zero-order valence-electron chi connectivity index (χ0n) is 15.2. The molecular formula is C18H15F3N4O4S. The van der Waals surface area contributed by atoms with E-state index in [-0.39, 0.29) is 21.8 Å². The number of benzene rings is 2. The third-order valence-electron chi connectivity index (χ3n) is 4.83. The number of carbonyl (C=O) groups excluding carboxylic acids is 2. The van der Waals surface area contributed by atoms with E-state index < -0.39 is 45.5 Å². The highest BCUT2D eigenvalue weighted by molar-refractivity contribution is 7.90. The lowest BCUT2D eigenvalue weighted by Crippen LogP contribution is -2.50. The molecule has 4 rings (SSSR count). The molecule has 8 nitrogen and oxygen atoms in total. The lowest BCUT2D eigenvalue weighted by Gasteiger charge is -2.32. The summed E-state index contributed by atoms with van der Waals surface area (Å²) < 4.78 is 66.6. The SMILES string of the molecule is O=C(Nc1cc(F)c(F)c(F)c1)c1ccc2c(c1)S(=O)(=O)N([C@H]1CCNC1)C(=O)N2. The van der Waals surface area contributed by atoms with Crippen molar-refractivity contribution in [2.45, 2.75) is 17.4 Å². The molecule has 0 bridgehead atoms. The number of halogens is 3. The van der Waals surface area contributed by atoms with Gasteiger partial charge in [-0.1, -0.05) is 0 Å². The van der Waals surface area contributed by atoms with Crippen molar-refractivity contribution in [2.75, 3.05) is 23.7 Å². The van der Waals surface area contributed by atoms with Crippen LogP contribution in [0.3, 0.4) is 0 Å². The number of amides is 3. The number of urea groups is 1. The minimum Gasteiger partial charge on any atom is -0.322 e. The van der Waals surface area contributed by atoms with Crippen LogP contribution in [0.1, 0.15) is 16.8 Å². The molecule has 2 aromatic carbocycles. The van der Waals surface area contributed by atoms with Gasteiger partial charge in [0.1, 0.15) is 4.90 Å². The highest BCUT2D eigenvalue weighted by Crippen LogP contribution is 2.33. The second-order valence-corrected chi connectivity index (χ2v) is 8.58. The first-order valence-corrected chi connectivity index (χ1v) is 10.3. The largest absolute Gasteiger partial charge is 0.336 e. The van der Waals surface area contributed by atoms with E-state index in [1.807, 2.05) is 0 Å². The van der Waals surface area contributed by atoms with Gasteiger partial charge in [0.05, 0.1) is 11.7 Å². The van der Waals surface area contributed by atoms with Crippen LogP contribution in [-0.2, 0) is 10.0 Å². The van der Waals surface area contributed by atoms with Crippen molar-refractivity contribution in [3.63, 3.8) is 0 Å². The Balaban J connectivity index is 1.66. The van der Waals surface area contributed by atoms with E-state index in [4.69, 9.17) is 0 Å². The van der Waals surface area contributed by atoms with Gasteiger partial charge in [-0.3, -0.25) is 4.79 Å². The zero-order valence-corrected chi connectivity index (χ0v) is 16.0. The van der Waals surface area contributed by atoms with Crippen LogP contribution in [0.15, 0.2) is 35.2 Å². The summed E-state index contributed by atoms with van der Waals surface area (Å²) >= 11 is 0. The van der Waals surface area contributed by atoms with Crippen LogP contribution < -0.4 is 16.0 Å². The van der Waals surface area contributed by atoms with Gasteiger partial charge in [0.15, 0.2) is 17.5 Å². The minimum atomic E-state index is -4.23. The molecule has 0 aliphatic carbocycles. The number of hydrogen-bond acceptors (Lipinski definition) is 5. The maximum absolute atomic E-state index is 13.4. The van der Waals surface area contributed by atoms with Gasteiger partial charge in [-0.2, -0.15) is 0 Å². The number of carbonyl (C=O) groups is 2. The average Bonchev–Trinajstić information content (AvgIpc) is 3.19. The molecule has 0 spiro atoms. The Morgan fingerprint density at radius 3 is 2.47 bits per heavy atom. The van der Waals surface area contributed by atoms with Crippen LogP contribution in [0.4, 0.5) is 29.3 Å². The molecule has 30 heavy (non-hydrogen) atoms. The average molecular weight is 440 g/mol. The van der Waals surface area contributed by atoms with Gasteiger partial charge < -0.3 is 16.0 Å². The van der Waals surface area contributed by atoms with Crippen LogP contribution in [-0.4, -0.2) is 43.8 Å². The summed E-state index contributed by atoms with van der Waals surface area (Å²) in [5.41, 5.74) is -0.468. The number of fused-ring (bicyclic) bond motifs is 1. The fourth-order valence-corrected chi connectivity index (χ4v) is 5.12. The Morgan fingerprint density at radius 1 is 1.13 bits per heavy atom. The summed E-state index contributed by atoms with van der Waals surface area (Å²) in [5, 5.41) is 7.66. The third-order valence-corrected chi connectivity index (χ3v) is 6.71. The van der Waals surface area contributed by atoms with Crippen molar-refractivity contribution < 1.29 is 31.2 Å². The molecule has 3 amide bonds. The molecule has 0 aromatic heterocycles. The van der Waals surface area contributed by atoms with E-state index in [0.717, 1.165) is 10.4 Å². The molecule has 2 aliphatic rings. The molecule has 2 aromatic rings. The van der Waals surface area contributed by atoms with Crippen molar-refractivity contribution >= 4 is 33.3 Å². The first-order chi connectivity index (χ1) is 14.2. The maximum Gasteiger partial charge on any atom is 0.336 e. The third kappa shape index (κ3) is 3.37. The monoisotopic (exact) mass is 440 g/mol. The molecule has 0 saturated carbocycles. The Labute approximate surface area is 169 Å². The first kappa shape index (κ1) is 20.2. The molecular weight excluding hydrogens is 425 g/mol. The van der Waals surface area contributed by atoms with Crippen LogP contribution in [0, 0.1) is 17.5 Å². The molecule has 1 fully saturated rings. The van der Waals surface area contributed by atoms with Crippen molar-refractivity contribution in [3.8, 4) is 0 Å². The van der Waals surface area contributed by atoms with Gasteiger partial charge in [-0.15, -0.1) is 0 Å².